The van der Waals surface area contributed by atoms with Crippen molar-refractivity contribution in [3.05, 3.63) is 41.3 Å². The number of hydrogen-bond donors (Lipinski definition) is 1. The molecule has 2 heterocycles. The summed E-state index contributed by atoms with van der Waals surface area (Å²) in [6.07, 6.45) is 1.67. The molecule has 0 radical (unpaired) electrons. The van der Waals surface area contributed by atoms with Gasteiger partial charge in [0.25, 0.3) is 0 Å². The molecule has 0 saturated heterocycles. The van der Waals surface area contributed by atoms with Crippen molar-refractivity contribution in [2.75, 3.05) is 11.5 Å². The van der Waals surface area contributed by atoms with E-state index < -0.39 is 15.6 Å². The van der Waals surface area contributed by atoms with Gasteiger partial charge in [-0.25, -0.2) is 8.42 Å². The summed E-state index contributed by atoms with van der Waals surface area (Å²) in [6, 6.07) is 7.19. The van der Waals surface area contributed by atoms with Gasteiger partial charge >= 0.3 is 0 Å². The van der Waals surface area contributed by atoms with Gasteiger partial charge in [-0.2, -0.15) is 5.26 Å². The van der Waals surface area contributed by atoms with Crippen molar-refractivity contribution in [1.82, 2.24) is 9.55 Å². The van der Waals surface area contributed by atoms with Crippen LogP contribution in [-0.2, 0) is 16.4 Å². The molecule has 0 amide bonds. The Balaban J connectivity index is 2.54. The predicted octanol–water partition coefficient (Wildman–Crippen LogP) is 1.43. The van der Waals surface area contributed by atoms with Crippen molar-refractivity contribution in [3.8, 4) is 6.07 Å². The molecule has 0 aliphatic rings. The van der Waals surface area contributed by atoms with Gasteiger partial charge in [-0.1, -0.05) is 6.07 Å². The predicted molar refractivity (Wildman–Crippen MR) is 79.3 cm³/mol. The minimum absolute atomic E-state index is 0.0532. The van der Waals surface area contributed by atoms with Crippen LogP contribution < -0.4 is 5.73 Å². The highest BCUT2D eigenvalue weighted by Gasteiger charge is 2.26. The first-order chi connectivity index (χ1) is 9.88. The lowest BCUT2D eigenvalue weighted by molar-refractivity contribution is 0.599. The molecule has 7 heteroatoms. The molecule has 0 fully saturated rings. The standard InChI is InChI=1S/C14H16N4O2S/c1-10-11(2)18(9-12-5-3-4-7-17-12)14(16)13(10)21(19,20)8-6-15/h3-5,7H,8-9,16H2,1-2H3. The van der Waals surface area contributed by atoms with Crippen LogP contribution in [-0.4, -0.2) is 23.7 Å². The van der Waals surface area contributed by atoms with Crippen molar-refractivity contribution in [3.63, 3.8) is 0 Å². The molecule has 0 spiro atoms. The summed E-state index contributed by atoms with van der Waals surface area (Å²) >= 11 is 0. The lowest BCUT2D eigenvalue weighted by Gasteiger charge is -2.08. The molecule has 0 aliphatic carbocycles. The average Bonchev–Trinajstić information content (AvgIpc) is 2.64. The molecule has 0 atom stereocenters. The van der Waals surface area contributed by atoms with Crippen molar-refractivity contribution in [2.45, 2.75) is 25.3 Å². The molecule has 0 saturated carbocycles. The lowest BCUT2D eigenvalue weighted by atomic mass is 10.3. The van der Waals surface area contributed by atoms with E-state index in [-0.39, 0.29) is 10.7 Å². The van der Waals surface area contributed by atoms with E-state index in [9.17, 15) is 8.42 Å². The molecule has 2 aromatic rings. The zero-order chi connectivity index (χ0) is 15.6. The number of aromatic nitrogens is 2. The number of hydrogen-bond acceptors (Lipinski definition) is 5. The maximum Gasteiger partial charge on any atom is 0.195 e. The van der Waals surface area contributed by atoms with Gasteiger partial charge in [-0.15, -0.1) is 0 Å². The van der Waals surface area contributed by atoms with Crippen LogP contribution in [0.3, 0.4) is 0 Å². The van der Waals surface area contributed by atoms with Crippen LogP contribution in [0, 0.1) is 25.2 Å². The molecular weight excluding hydrogens is 288 g/mol. The number of sulfone groups is 1. The maximum atomic E-state index is 12.2. The van der Waals surface area contributed by atoms with E-state index in [4.69, 9.17) is 11.0 Å². The molecule has 0 aromatic carbocycles. The third-order valence-electron chi connectivity index (χ3n) is 3.42. The molecular formula is C14H16N4O2S. The number of rotatable bonds is 4. The third kappa shape index (κ3) is 2.76. The summed E-state index contributed by atoms with van der Waals surface area (Å²) in [5.41, 5.74) is 8.14. The Hall–Kier alpha value is -2.33. The maximum absolute atomic E-state index is 12.2. The van der Waals surface area contributed by atoms with Crippen molar-refractivity contribution in [1.29, 1.82) is 5.26 Å². The van der Waals surface area contributed by atoms with Crippen LogP contribution >= 0.6 is 0 Å². The fraction of sp³-hybridized carbons (Fsp3) is 0.286. The first kappa shape index (κ1) is 15.1. The van der Waals surface area contributed by atoms with E-state index in [1.807, 2.05) is 18.2 Å². The van der Waals surface area contributed by atoms with Crippen LogP contribution in [0.4, 0.5) is 5.82 Å². The minimum atomic E-state index is -3.69. The zero-order valence-electron chi connectivity index (χ0n) is 11.9. The monoisotopic (exact) mass is 304 g/mol. The largest absolute Gasteiger partial charge is 0.384 e. The topological polar surface area (TPSA) is 102 Å². The Morgan fingerprint density at radius 2 is 2.10 bits per heavy atom. The van der Waals surface area contributed by atoms with E-state index in [1.165, 1.54) is 0 Å². The van der Waals surface area contributed by atoms with Gasteiger partial charge < -0.3 is 10.3 Å². The van der Waals surface area contributed by atoms with Crippen molar-refractivity contribution < 1.29 is 8.42 Å². The first-order valence-electron chi connectivity index (χ1n) is 6.33. The van der Waals surface area contributed by atoms with Gasteiger partial charge in [-0.3, -0.25) is 4.98 Å². The second kappa shape index (κ2) is 5.58. The highest BCUT2D eigenvalue weighted by Crippen LogP contribution is 2.30. The molecule has 0 bridgehead atoms. The summed E-state index contributed by atoms with van der Waals surface area (Å²) in [4.78, 5) is 4.27. The SMILES string of the molecule is Cc1c(S(=O)(=O)CC#N)c(N)n(Cc2ccccn2)c1C. The molecule has 0 aliphatic heterocycles. The molecule has 6 nitrogen and oxygen atoms in total. The molecule has 2 N–H and O–H groups in total. The fourth-order valence-electron chi connectivity index (χ4n) is 2.27. The highest BCUT2D eigenvalue weighted by atomic mass is 32.2. The quantitative estimate of drug-likeness (QED) is 0.920. The first-order valence-corrected chi connectivity index (χ1v) is 7.98. The van der Waals surface area contributed by atoms with Crippen LogP contribution in [0.1, 0.15) is 17.0 Å². The Labute approximate surface area is 123 Å². The van der Waals surface area contributed by atoms with Gasteiger partial charge in [0, 0.05) is 11.9 Å². The van der Waals surface area contributed by atoms with Crippen molar-refractivity contribution >= 4 is 15.7 Å². The fourth-order valence-corrected chi connectivity index (χ4v) is 3.63. The minimum Gasteiger partial charge on any atom is -0.384 e. The Kier molecular flexibility index (Phi) is 4.00. The second-order valence-corrected chi connectivity index (χ2v) is 6.68. The Morgan fingerprint density at radius 3 is 2.67 bits per heavy atom. The number of nitrogens with zero attached hydrogens (tertiary/aromatic N) is 3. The summed E-state index contributed by atoms with van der Waals surface area (Å²) in [7, 11) is -3.69. The van der Waals surface area contributed by atoms with Crippen molar-refractivity contribution in [2.24, 2.45) is 0 Å². The summed E-state index contributed by atoms with van der Waals surface area (Å²) in [5.74, 6) is -0.420. The van der Waals surface area contributed by atoms with E-state index >= 15 is 0 Å². The van der Waals surface area contributed by atoms with E-state index in [2.05, 4.69) is 4.98 Å². The van der Waals surface area contributed by atoms with Crippen LogP contribution in [0.25, 0.3) is 0 Å². The Bertz CT molecular complexity index is 802. The van der Waals surface area contributed by atoms with E-state index in [1.54, 1.807) is 30.7 Å². The number of pyridine rings is 1. The van der Waals surface area contributed by atoms with Gasteiger partial charge in [0.05, 0.1) is 18.3 Å². The van der Waals surface area contributed by atoms with E-state index in [0.29, 0.717) is 12.1 Å². The molecule has 2 aromatic heterocycles. The van der Waals surface area contributed by atoms with Crippen LogP contribution in [0.15, 0.2) is 29.3 Å². The summed E-state index contributed by atoms with van der Waals surface area (Å²) in [6.45, 7) is 3.90. The normalized spacial score (nSPS) is 11.3. The van der Waals surface area contributed by atoms with Crippen LogP contribution in [0.5, 0.6) is 0 Å². The number of nitriles is 1. The molecule has 110 valence electrons. The van der Waals surface area contributed by atoms with Crippen LogP contribution in [0.2, 0.25) is 0 Å². The zero-order valence-corrected chi connectivity index (χ0v) is 12.7. The van der Waals surface area contributed by atoms with Gasteiger partial charge in [0.2, 0.25) is 0 Å². The summed E-state index contributed by atoms with van der Waals surface area (Å²) in [5, 5.41) is 8.67. The smallest absolute Gasteiger partial charge is 0.195 e. The third-order valence-corrected chi connectivity index (χ3v) is 5.07. The average molecular weight is 304 g/mol. The number of nitrogens with two attached hydrogens (primary N) is 1. The number of nitrogen functional groups attached to an aromatic ring is 1. The Morgan fingerprint density at radius 1 is 1.38 bits per heavy atom. The summed E-state index contributed by atoms with van der Waals surface area (Å²) < 4.78 is 26.0. The van der Waals surface area contributed by atoms with E-state index in [0.717, 1.165) is 11.4 Å². The van der Waals surface area contributed by atoms with Gasteiger partial charge in [-0.05, 0) is 31.5 Å². The highest BCUT2D eigenvalue weighted by molar-refractivity contribution is 7.91. The molecule has 2 rings (SSSR count). The number of anilines is 1. The lowest BCUT2D eigenvalue weighted by Crippen LogP contribution is -2.11. The molecule has 0 unspecified atom stereocenters. The van der Waals surface area contributed by atoms with Gasteiger partial charge in [0.1, 0.15) is 16.5 Å². The second-order valence-electron chi connectivity index (χ2n) is 4.75. The molecule has 21 heavy (non-hydrogen) atoms. The van der Waals surface area contributed by atoms with Gasteiger partial charge in [0.15, 0.2) is 9.84 Å².